The molecule has 0 atom stereocenters. The highest BCUT2D eigenvalue weighted by Crippen LogP contribution is 2.23. The Morgan fingerprint density at radius 2 is 1.94 bits per heavy atom. The number of carbonyl (C=O) groups excluding carboxylic acids is 1. The van der Waals surface area contributed by atoms with Crippen molar-refractivity contribution in [2.75, 3.05) is 18.2 Å². The first-order valence-corrected chi connectivity index (χ1v) is 5.50. The summed E-state index contributed by atoms with van der Waals surface area (Å²) in [6.45, 7) is 0. The number of hydrogen-bond donors (Lipinski definition) is 2. The number of anilines is 2. The van der Waals surface area contributed by atoms with Crippen LogP contribution in [0.4, 0.5) is 11.4 Å². The van der Waals surface area contributed by atoms with Crippen LogP contribution < -0.4 is 15.8 Å². The van der Waals surface area contributed by atoms with Gasteiger partial charge in [0.05, 0.1) is 12.8 Å². The number of nitrogens with two attached hydrogens (primary N) is 1. The zero-order valence-corrected chi connectivity index (χ0v) is 10.0. The molecular weight excluding hydrogens is 228 g/mol. The molecule has 0 bridgehead atoms. The lowest BCUT2D eigenvalue weighted by atomic mass is 10.2. The minimum absolute atomic E-state index is 0.216. The minimum atomic E-state index is -0.216. The third-order valence-corrected chi connectivity index (χ3v) is 2.50. The molecule has 18 heavy (non-hydrogen) atoms. The first-order valence-electron chi connectivity index (χ1n) is 5.50. The van der Waals surface area contributed by atoms with Crippen LogP contribution in [0.2, 0.25) is 0 Å². The fourth-order valence-corrected chi connectivity index (χ4v) is 1.62. The van der Waals surface area contributed by atoms with Crippen molar-refractivity contribution in [1.29, 1.82) is 0 Å². The molecule has 0 fully saturated rings. The molecular formula is C14H14N2O2. The van der Waals surface area contributed by atoms with Crippen molar-refractivity contribution < 1.29 is 9.53 Å². The van der Waals surface area contributed by atoms with E-state index in [-0.39, 0.29) is 5.91 Å². The largest absolute Gasteiger partial charge is 0.495 e. The Morgan fingerprint density at radius 3 is 2.67 bits per heavy atom. The zero-order valence-electron chi connectivity index (χ0n) is 10.0. The smallest absolute Gasteiger partial charge is 0.255 e. The molecule has 3 N–H and O–H groups in total. The summed E-state index contributed by atoms with van der Waals surface area (Å²) in [5.74, 6) is 0.404. The van der Waals surface area contributed by atoms with Gasteiger partial charge in [0.15, 0.2) is 0 Å². The summed E-state index contributed by atoms with van der Waals surface area (Å²) in [6, 6.07) is 14.1. The van der Waals surface area contributed by atoms with Crippen molar-refractivity contribution in [2.45, 2.75) is 0 Å². The summed E-state index contributed by atoms with van der Waals surface area (Å²) in [6.07, 6.45) is 0. The van der Waals surface area contributed by atoms with Gasteiger partial charge < -0.3 is 15.8 Å². The fourth-order valence-electron chi connectivity index (χ4n) is 1.62. The van der Waals surface area contributed by atoms with Crippen LogP contribution in [-0.4, -0.2) is 13.0 Å². The molecule has 0 saturated heterocycles. The monoisotopic (exact) mass is 242 g/mol. The van der Waals surface area contributed by atoms with Gasteiger partial charge in [-0.2, -0.15) is 0 Å². The number of amides is 1. The highest BCUT2D eigenvalue weighted by atomic mass is 16.5. The van der Waals surface area contributed by atoms with Gasteiger partial charge in [-0.3, -0.25) is 4.79 Å². The third-order valence-electron chi connectivity index (χ3n) is 2.50. The van der Waals surface area contributed by atoms with Gasteiger partial charge in [0.1, 0.15) is 5.75 Å². The molecule has 0 aromatic heterocycles. The number of rotatable bonds is 3. The molecule has 1 amide bonds. The summed E-state index contributed by atoms with van der Waals surface area (Å²) in [5.41, 5.74) is 7.35. The standard InChI is InChI=1S/C14H14N2O2/c1-18-13-8-3-2-7-12(13)16-14(17)10-5-4-6-11(15)9-10/h2-9H,15H2,1H3,(H,16,17). The Bertz CT molecular complexity index is 567. The van der Waals surface area contributed by atoms with Crippen molar-refractivity contribution in [3.8, 4) is 5.75 Å². The van der Waals surface area contributed by atoms with Gasteiger partial charge in [0.25, 0.3) is 5.91 Å². The maximum atomic E-state index is 12.0. The highest BCUT2D eigenvalue weighted by Gasteiger charge is 2.09. The summed E-state index contributed by atoms with van der Waals surface area (Å²) >= 11 is 0. The third kappa shape index (κ3) is 2.60. The Hall–Kier alpha value is -2.49. The normalized spacial score (nSPS) is 9.83. The molecule has 0 radical (unpaired) electrons. The molecule has 2 rings (SSSR count). The summed E-state index contributed by atoms with van der Waals surface area (Å²) in [4.78, 5) is 12.0. The van der Waals surface area contributed by atoms with E-state index in [0.717, 1.165) is 0 Å². The SMILES string of the molecule is COc1ccccc1NC(=O)c1cccc(N)c1. The second kappa shape index (κ2) is 5.23. The second-order valence-corrected chi connectivity index (χ2v) is 3.78. The first-order chi connectivity index (χ1) is 8.70. The molecule has 2 aromatic carbocycles. The molecule has 0 saturated carbocycles. The van der Waals surface area contributed by atoms with Gasteiger partial charge in [-0.1, -0.05) is 18.2 Å². The molecule has 4 nitrogen and oxygen atoms in total. The van der Waals surface area contributed by atoms with Crippen LogP contribution in [-0.2, 0) is 0 Å². The maximum Gasteiger partial charge on any atom is 0.255 e. The predicted molar refractivity (Wildman–Crippen MR) is 71.8 cm³/mol. The Kier molecular flexibility index (Phi) is 3.48. The maximum absolute atomic E-state index is 12.0. The molecule has 4 heteroatoms. The van der Waals surface area contributed by atoms with Crippen molar-refractivity contribution in [1.82, 2.24) is 0 Å². The van der Waals surface area contributed by atoms with Crippen LogP contribution in [0, 0.1) is 0 Å². The van der Waals surface area contributed by atoms with Crippen molar-refractivity contribution in [3.63, 3.8) is 0 Å². The topological polar surface area (TPSA) is 64.3 Å². The molecule has 92 valence electrons. The molecule has 0 unspecified atom stereocenters. The van der Waals surface area contributed by atoms with Crippen molar-refractivity contribution >= 4 is 17.3 Å². The predicted octanol–water partition coefficient (Wildman–Crippen LogP) is 2.53. The molecule has 2 aromatic rings. The van der Waals surface area contributed by atoms with Gasteiger partial charge in [-0.15, -0.1) is 0 Å². The van der Waals surface area contributed by atoms with E-state index in [4.69, 9.17) is 10.5 Å². The summed E-state index contributed by atoms with van der Waals surface area (Å²) < 4.78 is 5.17. The van der Waals surface area contributed by atoms with E-state index in [0.29, 0.717) is 22.7 Å². The molecule has 0 aliphatic heterocycles. The van der Waals surface area contributed by atoms with E-state index < -0.39 is 0 Å². The average molecular weight is 242 g/mol. The van der Waals surface area contributed by atoms with Crippen LogP contribution >= 0.6 is 0 Å². The molecule has 0 spiro atoms. The molecule has 0 aliphatic carbocycles. The highest BCUT2D eigenvalue weighted by molar-refractivity contribution is 6.05. The number of nitrogen functional groups attached to an aromatic ring is 1. The lowest BCUT2D eigenvalue weighted by molar-refractivity contribution is 0.102. The Labute approximate surface area is 105 Å². The lowest BCUT2D eigenvalue weighted by Crippen LogP contribution is -2.12. The quantitative estimate of drug-likeness (QED) is 0.813. The van der Waals surface area contributed by atoms with Gasteiger partial charge in [-0.05, 0) is 30.3 Å². The Morgan fingerprint density at radius 1 is 1.17 bits per heavy atom. The minimum Gasteiger partial charge on any atom is -0.495 e. The van der Waals surface area contributed by atoms with Gasteiger partial charge in [0.2, 0.25) is 0 Å². The van der Waals surface area contributed by atoms with Crippen LogP contribution in [0.15, 0.2) is 48.5 Å². The summed E-state index contributed by atoms with van der Waals surface area (Å²) in [7, 11) is 1.56. The fraction of sp³-hybridized carbons (Fsp3) is 0.0714. The van der Waals surface area contributed by atoms with E-state index in [1.807, 2.05) is 12.1 Å². The molecule has 0 heterocycles. The van der Waals surface area contributed by atoms with Crippen LogP contribution in [0.25, 0.3) is 0 Å². The number of nitrogens with one attached hydrogen (secondary N) is 1. The summed E-state index contributed by atoms with van der Waals surface area (Å²) in [5, 5.41) is 2.79. The van der Waals surface area contributed by atoms with E-state index in [1.165, 1.54) is 0 Å². The van der Waals surface area contributed by atoms with E-state index in [9.17, 15) is 4.79 Å². The number of benzene rings is 2. The Balaban J connectivity index is 2.21. The van der Waals surface area contributed by atoms with E-state index in [2.05, 4.69) is 5.32 Å². The number of carbonyl (C=O) groups is 1. The van der Waals surface area contributed by atoms with Gasteiger partial charge >= 0.3 is 0 Å². The average Bonchev–Trinajstić information content (AvgIpc) is 2.39. The van der Waals surface area contributed by atoms with Crippen molar-refractivity contribution in [2.24, 2.45) is 0 Å². The van der Waals surface area contributed by atoms with Gasteiger partial charge in [-0.25, -0.2) is 0 Å². The number of ether oxygens (including phenoxy) is 1. The van der Waals surface area contributed by atoms with E-state index in [1.54, 1.807) is 43.5 Å². The number of hydrogen-bond acceptors (Lipinski definition) is 3. The van der Waals surface area contributed by atoms with Crippen LogP contribution in [0.1, 0.15) is 10.4 Å². The zero-order chi connectivity index (χ0) is 13.0. The van der Waals surface area contributed by atoms with E-state index >= 15 is 0 Å². The van der Waals surface area contributed by atoms with Crippen molar-refractivity contribution in [3.05, 3.63) is 54.1 Å². The molecule has 0 aliphatic rings. The lowest BCUT2D eigenvalue weighted by Gasteiger charge is -2.09. The van der Waals surface area contributed by atoms with Gasteiger partial charge in [0, 0.05) is 11.3 Å². The second-order valence-electron chi connectivity index (χ2n) is 3.78. The first kappa shape index (κ1) is 12.0. The van der Waals surface area contributed by atoms with Crippen LogP contribution in [0.3, 0.4) is 0 Å². The number of para-hydroxylation sites is 2. The number of methoxy groups -OCH3 is 1. The van der Waals surface area contributed by atoms with Crippen LogP contribution in [0.5, 0.6) is 5.75 Å².